The Hall–Kier alpha value is -2.20. The Morgan fingerprint density at radius 3 is 2.93 bits per heavy atom. The fourth-order valence-electron chi connectivity index (χ4n) is 5.68. The standard InChI is InChI=1S/C26H33N3O/c1-18-24-15-21-7-8-22(25(30)28-12-9-19-4-3-11-27-16-19)14-23(21)26(18,2)10-13-29(24)17-20-5-6-20/h3-4,7-8,11,14,16,18,20,24H,5-6,9-10,12-13,15,17H2,1-2H3,(H,28,30). The summed E-state index contributed by atoms with van der Waals surface area (Å²) in [7, 11) is 0. The van der Waals surface area contributed by atoms with E-state index in [0.29, 0.717) is 18.5 Å². The number of amides is 1. The Morgan fingerprint density at radius 1 is 1.30 bits per heavy atom. The molecule has 3 atom stereocenters. The summed E-state index contributed by atoms with van der Waals surface area (Å²) in [5.41, 5.74) is 4.98. The summed E-state index contributed by atoms with van der Waals surface area (Å²) in [4.78, 5) is 19.7. The van der Waals surface area contributed by atoms with Crippen LogP contribution in [0.2, 0.25) is 0 Å². The van der Waals surface area contributed by atoms with Crippen LogP contribution in [0, 0.1) is 11.8 Å². The number of rotatable bonds is 6. The maximum Gasteiger partial charge on any atom is 0.251 e. The van der Waals surface area contributed by atoms with E-state index in [1.165, 1.54) is 43.5 Å². The van der Waals surface area contributed by atoms with Crippen molar-refractivity contribution in [3.05, 3.63) is 65.0 Å². The van der Waals surface area contributed by atoms with Gasteiger partial charge in [-0.3, -0.25) is 14.7 Å². The SMILES string of the molecule is CC1C2Cc3ccc(C(=O)NCCc4cccnc4)cc3C1(C)CCN2CC1CC1. The highest BCUT2D eigenvalue weighted by Gasteiger charge is 2.49. The molecule has 3 unspecified atom stereocenters. The summed E-state index contributed by atoms with van der Waals surface area (Å²) in [5, 5.41) is 3.09. The molecule has 30 heavy (non-hydrogen) atoms. The van der Waals surface area contributed by atoms with E-state index < -0.39 is 0 Å². The average Bonchev–Trinajstić information content (AvgIpc) is 3.57. The van der Waals surface area contributed by atoms with Gasteiger partial charge in [-0.25, -0.2) is 0 Å². The molecular weight excluding hydrogens is 370 g/mol. The van der Waals surface area contributed by atoms with Gasteiger partial charge in [0.1, 0.15) is 0 Å². The molecule has 5 rings (SSSR count). The lowest BCUT2D eigenvalue weighted by Crippen LogP contribution is -2.58. The van der Waals surface area contributed by atoms with Crippen LogP contribution in [0.5, 0.6) is 0 Å². The summed E-state index contributed by atoms with van der Waals surface area (Å²) in [6, 6.07) is 11.1. The van der Waals surface area contributed by atoms with Gasteiger partial charge in [-0.15, -0.1) is 0 Å². The first-order valence-electron chi connectivity index (χ1n) is 11.6. The third-order valence-corrected chi connectivity index (χ3v) is 8.00. The molecule has 1 aromatic carbocycles. The van der Waals surface area contributed by atoms with Gasteiger partial charge in [0.15, 0.2) is 0 Å². The Balaban J connectivity index is 1.30. The van der Waals surface area contributed by atoms with E-state index in [0.717, 1.165) is 29.9 Å². The molecule has 1 amide bonds. The number of hydrogen-bond acceptors (Lipinski definition) is 3. The van der Waals surface area contributed by atoms with Gasteiger partial charge in [-0.1, -0.05) is 26.0 Å². The van der Waals surface area contributed by atoms with Gasteiger partial charge in [0, 0.05) is 37.1 Å². The molecule has 0 radical (unpaired) electrons. The third-order valence-electron chi connectivity index (χ3n) is 8.00. The number of aromatic nitrogens is 1. The number of piperidine rings is 1. The van der Waals surface area contributed by atoms with Crippen molar-refractivity contribution in [3.8, 4) is 0 Å². The monoisotopic (exact) mass is 403 g/mol. The zero-order valence-corrected chi connectivity index (χ0v) is 18.2. The average molecular weight is 404 g/mol. The lowest BCUT2D eigenvalue weighted by atomic mass is 9.59. The molecule has 2 fully saturated rings. The quantitative estimate of drug-likeness (QED) is 0.793. The first-order valence-corrected chi connectivity index (χ1v) is 11.6. The van der Waals surface area contributed by atoms with Crippen LogP contribution in [-0.2, 0) is 18.3 Å². The van der Waals surface area contributed by atoms with Gasteiger partial charge in [-0.2, -0.15) is 0 Å². The number of hydrogen-bond donors (Lipinski definition) is 1. The van der Waals surface area contributed by atoms with Crippen LogP contribution < -0.4 is 5.32 Å². The van der Waals surface area contributed by atoms with Crippen molar-refractivity contribution in [2.24, 2.45) is 11.8 Å². The fraction of sp³-hybridized carbons (Fsp3) is 0.538. The smallest absolute Gasteiger partial charge is 0.251 e. The maximum atomic E-state index is 12.8. The largest absolute Gasteiger partial charge is 0.352 e. The molecule has 3 aliphatic rings. The molecule has 4 heteroatoms. The van der Waals surface area contributed by atoms with Crippen LogP contribution in [0.15, 0.2) is 42.7 Å². The number of carbonyl (C=O) groups excluding carboxylic acids is 1. The van der Waals surface area contributed by atoms with Crippen molar-refractivity contribution in [1.29, 1.82) is 0 Å². The summed E-state index contributed by atoms with van der Waals surface area (Å²) in [6.45, 7) is 7.99. The van der Waals surface area contributed by atoms with E-state index in [1.807, 2.05) is 24.4 Å². The molecule has 2 aromatic rings. The van der Waals surface area contributed by atoms with E-state index in [2.05, 4.69) is 41.2 Å². The number of nitrogens with zero attached hydrogens (tertiary/aromatic N) is 2. The zero-order chi connectivity index (χ0) is 20.7. The molecule has 0 spiro atoms. The van der Waals surface area contributed by atoms with Crippen molar-refractivity contribution in [2.75, 3.05) is 19.6 Å². The summed E-state index contributed by atoms with van der Waals surface area (Å²) >= 11 is 0. The second kappa shape index (κ2) is 7.81. The topological polar surface area (TPSA) is 45.2 Å². The van der Waals surface area contributed by atoms with Crippen LogP contribution in [0.3, 0.4) is 0 Å². The molecule has 1 N–H and O–H groups in total. The highest BCUT2D eigenvalue weighted by molar-refractivity contribution is 5.94. The molecular formula is C26H33N3O. The third kappa shape index (κ3) is 3.66. The fourth-order valence-corrected chi connectivity index (χ4v) is 5.68. The minimum absolute atomic E-state index is 0.0336. The second-order valence-corrected chi connectivity index (χ2v) is 9.91. The highest BCUT2D eigenvalue weighted by atomic mass is 16.1. The van der Waals surface area contributed by atoms with Crippen molar-refractivity contribution in [3.63, 3.8) is 0 Å². The number of likely N-dealkylation sites (tertiary alicyclic amines) is 1. The molecule has 158 valence electrons. The first kappa shape index (κ1) is 19.7. The van der Waals surface area contributed by atoms with E-state index in [-0.39, 0.29) is 11.3 Å². The van der Waals surface area contributed by atoms with Gasteiger partial charge in [-0.05, 0) is 90.8 Å². The van der Waals surface area contributed by atoms with Gasteiger partial charge < -0.3 is 5.32 Å². The normalized spacial score (nSPS) is 28.1. The number of pyridine rings is 1. The summed E-state index contributed by atoms with van der Waals surface area (Å²) < 4.78 is 0. The molecule has 1 saturated heterocycles. The van der Waals surface area contributed by atoms with Crippen molar-refractivity contribution < 1.29 is 4.79 Å². The number of fused-ring (bicyclic) bond motifs is 4. The Kier molecular flexibility index (Phi) is 5.14. The maximum absolute atomic E-state index is 12.8. The van der Waals surface area contributed by atoms with Crippen molar-refractivity contribution in [2.45, 2.75) is 57.4 Å². The lowest BCUT2D eigenvalue weighted by molar-refractivity contribution is 0.0284. The predicted molar refractivity (Wildman–Crippen MR) is 120 cm³/mol. The number of carbonyl (C=O) groups is 1. The molecule has 2 heterocycles. The predicted octanol–water partition coefficient (Wildman–Crippen LogP) is 3.99. The van der Waals surface area contributed by atoms with E-state index in [1.54, 1.807) is 6.20 Å². The summed E-state index contributed by atoms with van der Waals surface area (Å²) in [5.74, 6) is 1.60. The molecule has 1 aliphatic heterocycles. The van der Waals surface area contributed by atoms with Crippen LogP contribution in [0.1, 0.15) is 60.2 Å². The van der Waals surface area contributed by atoms with Crippen molar-refractivity contribution >= 4 is 5.91 Å². The molecule has 2 bridgehead atoms. The van der Waals surface area contributed by atoms with Gasteiger partial charge >= 0.3 is 0 Å². The minimum Gasteiger partial charge on any atom is -0.352 e. The lowest BCUT2D eigenvalue weighted by Gasteiger charge is -2.55. The highest BCUT2D eigenvalue weighted by Crippen LogP contribution is 2.49. The van der Waals surface area contributed by atoms with Gasteiger partial charge in [0.25, 0.3) is 5.91 Å². The Labute approximate surface area is 180 Å². The molecule has 4 nitrogen and oxygen atoms in total. The van der Waals surface area contributed by atoms with Crippen LogP contribution in [-0.4, -0.2) is 41.5 Å². The summed E-state index contributed by atoms with van der Waals surface area (Å²) in [6.07, 6.45) is 9.60. The van der Waals surface area contributed by atoms with Crippen LogP contribution >= 0.6 is 0 Å². The number of benzene rings is 1. The van der Waals surface area contributed by atoms with Gasteiger partial charge in [0.2, 0.25) is 0 Å². The Morgan fingerprint density at radius 2 is 2.17 bits per heavy atom. The zero-order valence-electron chi connectivity index (χ0n) is 18.2. The van der Waals surface area contributed by atoms with E-state index in [9.17, 15) is 4.79 Å². The molecule has 1 saturated carbocycles. The van der Waals surface area contributed by atoms with Crippen LogP contribution in [0.4, 0.5) is 0 Å². The van der Waals surface area contributed by atoms with Gasteiger partial charge in [0.05, 0.1) is 0 Å². The molecule has 2 aliphatic carbocycles. The van der Waals surface area contributed by atoms with Crippen molar-refractivity contribution in [1.82, 2.24) is 15.2 Å². The molecule has 1 aromatic heterocycles. The second-order valence-electron chi connectivity index (χ2n) is 9.91. The first-order chi connectivity index (χ1) is 14.5. The Bertz CT molecular complexity index is 923. The van der Waals surface area contributed by atoms with Crippen LogP contribution in [0.25, 0.3) is 0 Å². The van der Waals surface area contributed by atoms with E-state index in [4.69, 9.17) is 0 Å². The van der Waals surface area contributed by atoms with E-state index >= 15 is 0 Å². The number of nitrogens with one attached hydrogen (secondary N) is 1. The minimum atomic E-state index is 0.0336.